The average Bonchev–Trinajstić information content (AvgIpc) is 2.08. The molecule has 0 saturated carbocycles. The summed E-state index contributed by atoms with van der Waals surface area (Å²) in [6, 6.07) is 0. The van der Waals surface area contributed by atoms with Crippen LogP contribution in [-0.4, -0.2) is 11.1 Å². The molecule has 2 heteroatoms. The van der Waals surface area contributed by atoms with Gasteiger partial charge >= 0.3 is 5.97 Å². The van der Waals surface area contributed by atoms with Gasteiger partial charge in [0.1, 0.15) is 0 Å². The Hall–Kier alpha value is -0.530. The highest BCUT2D eigenvalue weighted by atomic mass is 16.4. The topological polar surface area (TPSA) is 37.3 Å². The van der Waals surface area contributed by atoms with Crippen molar-refractivity contribution >= 4 is 5.97 Å². The van der Waals surface area contributed by atoms with E-state index in [9.17, 15) is 4.79 Å². The van der Waals surface area contributed by atoms with Gasteiger partial charge in [0.15, 0.2) is 0 Å². The summed E-state index contributed by atoms with van der Waals surface area (Å²) >= 11 is 0. The van der Waals surface area contributed by atoms with Gasteiger partial charge in [-0.15, -0.1) is 0 Å². The molecule has 0 radical (unpaired) electrons. The van der Waals surface area contributed by atoms with Gasteiger partial charge in [-0.3, -0.25) is 4.79 Å². The molecule has 0 amide bonds. The fourth-order valence-electron chi connectivity index (χ4n) is 1.84. The fraction of sp³-hybridized carbons (Fsp3) is 0.923. The minimum Gasteiger partial charge on any atom is -0.481 e. The first kappa shape index (κ1) is 14.5. The highest BCUT2D eigenvalue weighted by molar-refractivity contribution is 5.70. The minimum atomic E-state index is -0.631. The van der Waals surface area contributed by atoms with Crippen LogP contribution in [0.25, 0.3) is 0 Å². The average molecular weight is 214 g/mol. The molecule has 1 N–H and O–H groups in total. The molecule has 0 aliphatic rings. The van der Waals surface area contributed by atoms with Crippen LogP contribution in [0.3, 0.4) is 0 Å². The van der Waals surface area contributed by atoms with Crippen LogP contribution in [0.4, 0.5) is 0 Å². The Morgan fingerprint density at radius 2 is 1.53 bits per heavy atom. The molecule has 0 heterocycles. The van der Waals surface area contributed by atoms with Crippen LogP contribution in [0.2, 0.25) is 0 Å². The molecule has 0 aromatic rings. The first-order chi connectivity index (χ1) is 6.95. The molecule has 2 nitrogen and oxygen atoms in total. The maximum absolute atomic E-state index is 10.9. The van der Waals surface area contributed by atoms with E-state index < -0.39 is 5.97 Å². The lowest BCUT2D eigenvalue weighted by Crippen LogP contribution is -2.19. The summed E-state index contributed by atoms with van der Waals surface area (Å²) in [6.45, 7) is 8.45. The van der Waals surface area contributed by atoms with E-state index >= 15 is 0 Å². The van der Waals surface area contributed by atoms with E-state index in [-0.39, 0.29) is 11.8 Å². The van der Waals surface area contributed by atoms with Gasteiger partial charge in [-0.25, -0.2) is 0 Å². The van der Waals surface area contributed by atoms with E-state index in [2.05, 4.69) is 13.8 Å². The summed E-state index contributed by atoms with van der Waals surface area (Å²) < 4.78 is 0. The van der Waals surface area contributed by atoms with Crippen LogP contribution in [-0.2, 0) is 4.79 Å². The molecule has 0 fully saturated rings. The van der Waals surface area contributed by atoms with Gasteiger partial charge < -0.3 is 5.11 Å². The van der Waals surface area contributed by atoms with Crippen molar-refractivity contribution in [2.75, 3.05) is 0 Å². The van der Waals surface area contributed by atoms with E-state index in [0.29, 0.717) is 0 Å². The Labute approximate surface area is 94.1 Å². The lowest BCUT2D eigenvalue weighted by Gasteiger charge is -2.15. The molecular weight excluding hydrogens is 188 g/mol. The quantitative estimate of drug-likeness (QED) is 0.621. The molecule has 0 rings (SSSR count). The SMILES string of the molecule is CC(C)CCCCCC(C(=O)O)C(C)C. The van der Waals surface area contributed by atoms with Crippen molar-refractivity contribution < 1.29 is 9.90 Å². The van der Waals surface area contributed by atoms with E-state index in [1.165, 1.54) is 19.3 Å². The minimum absolute atomic E-state index is 0.149. The molecule has 0 bridgehead atoms. The third kappa shape index (κ3) is 7.40. The molecule has 0 aromatic carbocycles. The smallest absolute Gasteiger partial charge is 0.306 e. The number of rotatable bonds is 8. The van der Waals surface area contributed by atoms with Crippen LogP contribution < -0.4 is 0 Å². The zero-order valence-electron chi connectivity index (χ0n) is 10.6. The Bertz CT molecular complexity index is 173. The van der Waals surface area contributed by atoms with Crippen LogP contribution in [0.15, 0.2) is 0 Å². The van der Waals surface area contributed by atoms with Crippen molar-refractivity contribution in [3.8, 4) is 0 Å². The van der Waals surface area contributed by atoms with Crippen LogP contribution >= 0.6 is 0 Å². The number of hydrogen-bond acceptors (Lipinski definition) is 1. The van der Waals surface area contributed by atoms with Gasteiger partial charge in [-0.05, 0) is 18.3 Å². The van der Waals surface area contributed by atoms with Gasteiger partial charge in [0, 0.05) is 0 Å². The van der Waals surface area contributed by atoms with Gasteiger partial charge in [0.2, 0.25) is 0 Å². The third-order valence-electron chi connectivity index (χ3n) is 2.92. The number of unbranched alkanes of at least 4 members (excludes halogenated alkanes) is 2. The lowest BCUT2D eigenvalue weighted by molar-refractivity contribution is -0.143. The molecule has 1 atom stereocenters. The summed E-state index contributed by atoms with van der Waals surface area (Å²) in [5.74, 6) is 0.246. The first-order valence-corrected chi connectivity index (χ1v) is 6.18. The fourth-order valence-corrected chi connectivity index (χ4v) is 1.84. The van der Waals surface area contributed by atoms with Crippen molar-refractivity contribution in [1.29, 1.82) is 0 Å². The van der Waals surface area contributed by atoms with Crippen molar-refractivity contribution in [1.82, 2.24) is 0 Å². The number of carbonyl (C=O) groups is 1. The van der Waals surface area contributed by atoms with E-state index in [4.69, 9.17) is 5.11 Å². The summed E-state index contributed by atoms with van der Waals surface area (Å²) in [5.41, 5.74) is 0. The number of carboxylic acids is 1. The molecule has 90 valence electrons. The number of hydrogen-bond donors (Lipinski definition) is 1. The second-order valence-electron chi connectivity index (χ2n) is 5.22. The van der Waals surface area contributed by atoms with Gasteiger partial charge in [0.25, 0.3) is 0 Å². The summed E-state index contributed by atoms with van der Waals surface area (Å²) in [4.78, 5) is 10.9. The molecule has 0 spiro atoms. The largest absolute Gasteiger partial charge is 0.481 e. The van der Waals surface area contributed by atoms with E-state index in [1.807, 2.05) is 13.8 Å². The Balaban J connectivity index is 3.59. The Kier molecular flexibility index (Phi) is 7.45. The number of aliphatic carboxylic acids is 1. The van der Waals surface area contributed by atoms with Crippen molar-refractivity contribution in [2.24, 2.45) is 17.8 Å². The van der Waals surface area contributed by atoms with Gasteiger partial charge in [0.05, 0.1) is 5.92 Å². The van der Waals surface area contributed by atoms with E-state index in [0.717, 1.165) is 18.8 Å². The number of carboxylic acid groups (broad SMARTS) is 1. The maximum atomic E-state index is 10.9. The van der Waals surface area contributed by atoms with E-state index in [1.54, 1.807) is 0 Å². The molecule has 0 aliphatic heterocycles. The standard InChI is InChI=1S/C13H26O2/c1-10(2)8-6-5-7-9-12(11(3)4)13(14)15/h10-12H,5-9H2,1-4H3,(H,14,15). The van der Waals surface area contributed by atoms with Gasteiger partial charge in [-0.1, -0.05) is 53.4 Å². The molecule has 0 aliphatic carbocycles. The zero-order chi connectivity index (χ0) is 11.8. The monoisotopic (exact) mass is 214 g/mol. The Morgan fingerprint density at radius 3 is 1.93 bits per heavy atom. The van der Waals surface area contributed by atoms with Crippen LogP contribution in [0.1, 0.15) is 59.8 Å². The third-order valence-corrected chi connectivity index (χ3v) is 2.92. The summed E-state index contributed by atoms with van der Waals surface area (Å²) in [7, 11) is 0. The molecule has 0 saturated heterocycles. The molecular formula is C13H26O2. The van der Waals surface area contributed by atoms with Crippen molar-refractivity contribution in [2.45, 2.75) is 59.8 Å². The molecule has 1 unspecified atom stereocenters. The van der Waals surface area contributed by atoms with Gasteiger partial charge in [-0.2, -0.15) is 0 Å². The van der Waals surface area contributed by atoms with Crippen LogP contribution in [0.5, 0.6) is 0 Å². The van der Waals surface area contributed by atoms with Crippen molar-refractivity contribution in [3.05, 3.63) is 0 Å². The maximum Gasteiger partial charge on any atom is 0.306 e. The van der Waals surface area contributed by atoms with Crippen LogP contribution in [0, 0.1) is 17.8 Å². The normalized spacial score (nSPS) is 13.5. The summed E-state index contributed by atoms with van der Waals surface area (Å²) in [6.07, 6.45) is 5.57. The lowest BCUT2D eigenvalue weighted by atomic mass is 9.90. The zero-order valence-corrected chi connectivity index (χ0v) is 10.6. The second-order valence-corrected chi connectivity index (χ2v) is 5.22. The highest BCUT2D eigenvalue weighted by Gasteiger charge is 2.20. The molecule has 0 aromatic heterocycles. The summed E-state index contributed by atoms with van der Waals surface area (Å²) in [5, 5.41) is 8.99. The molecule has 15 heavy (non-hydrogen) atoms. The second kappa shape index (κ2) is 7.72. The highest BCUT2D eigenvalue weighted by Crippen LogP contribution is 2.19. The van der Waals surface area contributed by atoms with Crippen molar-refractivity contribution in [3.63, 3.8) is 0 Å². The predicted octanol–water partition coefficient (Wildman–Crippen LogP) is 3.95. The Morgan fingerprint density at radius 1 is 1.00 bits per heavy atom. The predicted molar refractivity (Wildman–Crippen MR) is 63.9 cm³/mol. The first-order valence-electron chi connectivity index (χ1n) is 6.18.